The molecule has 2 heterocycles. The van der Waals surface area contributed by atoms with Crippen LogP contribution in [0.5, 0.6) is 11.5 Å². The topological polar surface area (TPSA) is 90.6 Å². The molecule has 0 atom stereocenters. The van der Waals surface area contributed by atoms with E-state index in [1.54, 1.807) is 6.07 Å². The average Bonchev–Trinajstić information content (AvgIpc) is 3.18. The van der Waals surface area contributed by atoms with Crippen molar-refractivity contribution in [2.24, 2.45) is 0 Å². The van der Waals surface area contributed by atoms with Gasteiger partial charge in [-0.2, -0.15) is 22.8 Å². The second-order valence-electron chi connectivity index (χ2n) is 4.96. The van der Waals surface area contributed by atoms with Crippen LogP contribution in [0.3, 0.4) is 0 Å². The standard InChI is InChI=1S/C14H12F3N5O3S/c1-24-8-4-3-7(5-9(8)25-2)11(23)18-6-10-21-22-12(14(15,16)17)19-20-13(22)26-10/h3-5H,6H2,1-2H3,(H,18,23). The molecule has 0 saturated carbocycles. The summed E-state index contributed by atoms with van der Waals surface area (Å²) in [5.41, 5.74) is 0.307. The van der Waals surface area contributed by atoms with Crippen molar-refractivity contribution >= 4 is 22.2 Å². The van der Waals surface area contributed by atoms with Crippen LogP contribution in [-0.4, -0.2) is 39.9 Å². The van der Waals surface area contributed by atoms with Crippen LogP contribution in [0.15, 0.2) is 18.2 Å². The highest BCUT2D eigenvalue weighted by Crippen LogP contribution is 2.29. The largest absolute Gasteiger partial charge is 0.493 e. The summed E-state index contributed by atoms with van der Waals surface area (Å²) in [6.45, 7) is -0.0570. The first-order valence-electron chi connectivity index (χ1n) is 7.12. The van der Waals surface area contributed by atoms with Gasteiger partial charge in [0.05, 0.1) is 20.8 Å². The Bertz CT molecular complexity index is 953. The van der Waals surface area contributed by atoms with E-state index >= 15 is 0 Å². The first kappa shape index (κ1) is 17.9. The molecule has 8 nitrogen and oxygen atoms in total. The van der Waals surface area contributed by atoms with Crippen LogP contribution >= 0.6 is 11.3 Å². The Labute approximate surface area is 148 Å². The van der Waals surface area contributed by atoms with Gasteiger partial charge in [-0.05, 0) is 18.2 Å². The molecule has 0 fully saturated rings. The fourth-order valence-corrected chi connectivity index (χ4v) is 2.91. The Kier molecular flexibility index (Phi) is 4.68. The van der Waals surface area contributed by atoms with Crippen molar-refractivity contribution in [1.82, 2.24) is 25.1 Å². The predicted octanol–water partition coefficient (Wildman–Crippen LogP) is 2.15. The fourth-order valence-electron chi connectivity index (χ4n) is 2.14. The minimum absolute atomic E-state index is 0.00677. The van der Waals surface area contributed by atoms with E-state index in [-0.39, 0.29) is 16.5 Å². The molecule has 0 aliphatic rings. The van der Waals surface area contributed by atoms with Crippen LogP contribution in [0.4, 0.5) is 13.2 Å². The third-order valence-electron chi connectivity index (χ3n) is 3.33. The van der Waals surface area contributed by atoms with Crippen molar-refractivity contribution in [3.63, 3.8) is 0 Å². The van der Waals surface area contributed by atoms with E-state index in [4.69, 9.17) is 9.47 Å². The number of alkyl halides is 3. The number of aromatic nitrogens is 4. The van der Waals surface area contributed by atoms with Crippen molar-refractivity contribution in [3.05, 3.63) is 34.6 Å². The van der Waals surface area contributed by atoms with E-state index in [0.717, 1.165) is 11.3 Å². The average molecular weight is 387 g/mol. The van der Waals surface area contributed by atoms with E-state index in [9.17, 15) is 18.0 Å². The number of halogens is 3. The lowest BCUT2D eigenvalue weighted by Gasteiger charge is -2.09. The van der Waals surface area contributed by atoms with E-state index < -0.39 is 17.9 Å². The third-order valence-corrected chi connectivity index (χ3v) is 4.23. The normalized spacial score (nSPS) is 11.6. The van der Waals surface area contributed by atoms with Crippen LogP contribution in [0.2, 0.25) is 0 Å². The molecule has 3 rings (SSSR count). The van der Waals surface area contributed by atoms with E-state index in [1.165, 1.54) is 26.4 Å². The summed E-state index contributed by atoms with van der Waals surface area (Å²) >= 11 is 0.904. The minimum Gasteiger partial charge on any atom is -0.493 e. The Balaban J connectivity index is 1.74. The zero-order valence-corrected chi connectivity index (χ0v) is 14.3. The molecule has 0 radical (unpaired) electrons. The molecule has 0 saturated heterocycles. The SMILES string of the molecule is COc1ccc(C(=O)NCc2nn3c(C(F)(F)F)nnc3s2)cc1OC. The Hall–Kier alpha value is -2.89. The van der Waals surface area contributed by atoms with Gasteiger partial charge >= 0.3 is 6.18 Å². The molecule has 12 heteroatoms. The van der Waals surface area contributed by atoms with Crippen LogP contribution < -0.4 is 14.8 Å². The highest BCUT2D eigenvalue weighted by molar-refractivity contribution is 7.16. The lowest BCUT2D eigenvalue weighted by atomic mass is 10.2. The van der Waals surface area contributed by atoms with Gasteiger partial charge < -0.3 is 14.8 Å². The van der Waals surface area contributed by atoms with Crippen molar-refractivity contribution in [2.75, 3.05) is 14.2 Å². The summed E-state index contributed by atoms with van der Waals surface area (Å²) in [7, 11) is 2.91. The molecular weight excluding hydrogens is 375 g/mol. The highest BCUT2D eigenvalue weighted by Gasteiger charge is 2.38. The third kappa shape index (κ3) is 3.40. The summed E-state index contributed by atoms with van der Waals surface area (Å²) in [6.07, 6.45) is -4.66. The smallest absolute Gasteiger partial charge is 0.453 e. The molecule has 0 spiro atoms. The van der Waals surface area contributed by atoms with E-state index in [0.29, 0.717) is 21.6 Å². The number of fused-ring (bicyclic) bond motifs is 1. The maximum absolute atomic E-state index is 12.8. The van der Waals surface area contributed by atoms with Crippen molar-refractivity contribution in [1.29, 1.82) is 0 Å². The molecule has 26 heavy (non-hydrogen) atoms. The number of amides is 1. The number of nitrogens with zero attached hydrogens (tertiary/aromatic N) is 4. The maximum Gasteiger partial charge on any atom is 0.453 e. The number of nitrogens with one attached hydrogen (secondary N) is 1. The number of carbonyl (C=O) groups is 1. The molecule has 1 N–H and O–H groups in total. The Morgan fingerprint density at radius 3 is 2.62 bits per heavy atom. The van der Waals surface area contributed by atoms with Gasteiger partial charge in [0, 0.05) is 5.56 Å². The van der Waals surface area contributed by atoms with Gasteiger partial charge in [-0.15, -0.1) is 10.2 Å². The van der Waals surface area contributed by atoms with Crippen molar-refractivity contribution < 1.29 is 27.4 Å². The summed E-state index contributed by atoms with van der Waals surface area (Å²) in [5, 5.41) is 13.1. The first-order chi connectivity index (χ1) is 12.3. The van der Waals surface area contributed by atoms with E-state index in [1.807, 2.05) is 0 Å². The molecule has 1 aromatic carbocycles. The van der Waals surface area contributed by atoms with Gasteiger partial charge in [0.25, 0.3) is 11.7 Å². The second kappa shape index (κ2) is 6.78. The van der Waals surface area contributed by atoms with Crippen LogP contribution in [0.25, 0.3) is 4.96 Å². The number of carbonyl (C=O) groups excluding carboxylic acids is 1. The van der Waals surface area contributed by atoms with Crippen molar-refractivity contribution in [3.8, 4) is 11.5 Å². The molecule has 3 aromatic rings. The number of benzene rings is 1. The number of methoxy groups -OCH3 is 2. The zero-order chi connectivity index (χ0) is 18.9. The fraction of sp³-hybridized carbons (Fsp3) is 0.286. The van der Waals surface area contributed by atoms with Crippen LogP contribution in [-0.2, 0) is 12.7 Å². The predicted molar refractivity (Wildman–Crippen MR) is 84.4 cm³/mol. The zero-order valence-electron chi connectivity index (χ0n) is 13.5. The molecule has 138 valence electrons. The summed E-state index contributed by atoms with van der Waals surface area (Å²) in [4.78, 5) is 12.2. The molecule has 1 amide bonds. The Morgan fingerprint density at radius 1 is 1.23 bits per heavy atom. The quantitative estimate of drug-likeness (QED) is 0.722. The molecule has 0 aliphatic heterocycles. The minimum atomic E-state index is -4.66. The van der Waals surface area contributed by atoms with Gasteiger partial charge in [-0.3, -0.25) is 4.79 Å². The van der Waals surface area contributed by atoms with Crippen LogP contribution in [0, 0.1) is 0 Å². The van der Waals surface area contributed by atoms with Crippen LogP contribution in [0.1, 0.15) is 21.2 Å². The Morgan fingerprint density at radius 2 is 1.96 bits per heavy atom. The molecule has 2 aromatic heterocycles. The maximum atomic E-state index is 12.8. The first-order valence-corrected chi connectivity index (χ1v) is 7.93. The van der Waals surface area contributed by atoms with Gasteiger partial charge in [0.2, 0.25) is 4.96 Å². The van der Waals surface area contributed by atoms with Gasteiger partial charge in [0.15, 0.2) is 11.5 Å². The van der Waals surface area contributed by atoms with E-state index in [2.05, 4.69) is 20.6 Å². The van der Waals surface area contributed by atoms with Gasteiger partial charge in [-0.1, -0.05) is 11.3 Å². The monoisotopic (exact) mass is 387 g/mol. The summed E-state index contributed by atoms with van der Waals surface area (Å²) < 4.78 is 49.2. The molecule has 0 aliphatic carbocycles. The highest BCUT2D eigenvalue weighted by atomic mass is 32.1. The number of hydrogen-bond acceptors (Lipinski definition) is 7. The lowest BCUT2D eigenvalue weighted by Crippen LogP contribution is -2.23. The summed E-state index contributed by atoms with van der Waals surface area (Å²) in [5.74, 6) is -0.791. The van der Waals surface area contributed by atoms with Crippen molar-refractivity contribution in [2.45, 2.75) is 12.7 Å². The lowest BCUT2D eigenvalue weighted by molar-refractivity contribution is -0.146. The molecule has 0 bridgehead atoms. The number of hydrogen-bond donors (Lipinski definition) is 1. The van der Waals surface area contributed by atoms with Gasteiger partial charge in [-0.25, -0.2) is 0 Å². The molecule has 0 unspecified atom stereocenters. The summed E-state index contributed by atoms with van der Waals surface area (Å²) in [6, 6.07) is 4.61. The number of ether oxygens (including phenoxy) is 2. The number of rotatable bonds is 5. The molecular formula is C14H12F3N5O3S. The second-order valence-corrected chi connectivity index (χ2v) is 6.00. The van der Waals surface area contributed by atoms with Gasteiger partial charge in [0.1, 0.15) is 5.01 Å².